The van der Waals surface area contributed by atoms with E-state index >= 15 is 0 Å². The molecule has 2 aromatic heterocycles. The van der Waals surface area contributed by atoms with Gasteiger partial charge in [0, 0.05) is 16.8 Å². The number of nitrogens with zero attached hydrogens (tertiary/aromatic N) is 2. The minimum atomic E-state index is 0.342. The van der Waals surface area contributed by atoms with Gasteiger partial charge in [-0.05, 0) is 25.0 Å². The van der Waals surface area contributed by atoms with Crippen LogP contribution in [0.25, 0.3) is 10.8 Å². The Balaban J connectivity index is 1.88. The zero-order valence-corrected chi connectivity index (χ0v) is 13.9. The van der Waals surface area contributed by atoms with Crippen LogP contribution in [0.3, 0.4) is 0 Å². The van der Waals surface area contributed by atoms with E-state index < -0.39 is 0 Å². The molecule has 0 aromatic carbocycles. The molecule has 0 amide bonds. The van der Waals surface area contributed by atoms with Crippen LogP contribution in [0.1, 0.15) is 30.0 Å². The van der Waals surface area contributed by atoms with Gasteiger partial charge in [0.1, 0.15) is 0 Å². The number of rotatable bonds is 3. The molecule has 1 saturated heterocycles. The fraction of sp³-hybridized carbons (Fsp3) is 0.538. The largest absolute Gasteiger partial charge is 0.391 e. The topological polar surface area (TPSA) is 64.9 Å². The van der Waals surface area contributed by atoms with Crippen molar-refractivity contribution in [3.63, 3.8) is 0 Å². The molecule has 3 heterocycles. The fourth-order valence-corrected chi connectivity index (χ4v) is 6.15. The quantitative estimate of drug-likeness (QED) is 0.919. The summed E-state index contributed by atoms with van der Waals surface area (Å²) in [4.78, 5) is 5.61. The molecule has 0 spiro atoms. The van der Waals surface area contributed by atoms with Gasteiger partial charge in [-0.15, -0.1) is 23.1 Å². The van der Waals surface area contributed by atoms with Gasteiger partial charge in [-0.1, -0.05) is 12.1 Å². The maximum absolute atomic E-state index is 5.83. The Kier molecular flexibility index (Phi) is 4.28. The van der Waals surface area contributed by atoms with E-state index in [2.05, 4.69) is 17.1 Å². The standard InChI is InChI=1S/C13H17N3OS3/c1-3-8-11(19-5-4-18-8)12-15-13(17-16-12)10-7(2)6-9(14)20-10/h6,8,11H,3-5,14H2,1-2H3. The third kappa shape index (κ3) is 2.71. The summed E-state index contributed by atoms with van der Waals surface area (Å²) in [6, 6.07) is 1.95. The molecule has 2 atom stereocenters. The summed E-state index contributed by atoms with van der Waals surface area (Å²) in [7, 11) is 0. The van der Waals surface area contributed by atoms with E-state index in [0.29, 0.717) is 16.4 Å². The molecular formula is C13H17N3OS3. The van der Waals surface area contributed by atoms with Gasteiger partial charge in [0.05, 0.1) is 15.1 Å². The highest BCUT2D eigenvalue weighted by atomic mass is 32.2. The highest BCUT2D eigenvalue weighted by Crippen LogP contribution is 2.43. The van der Waals surface area contributed by atoms with Gasteiger partial charge in [-0.2, -0.15) is 16.7 Å². The monoisotopic (exact) mass is 327 g/mol. The van der Waals surface area contributed by atoms with Crippen molar-refractivity contribution in [3.8, 4) is 10.8 Å². The van der Waals surface area contributed by atoms with Crippen molar-refractivity contribution < 1.29 is 4.52 Å². The zero-order valence-electron chi connectivity index (χ0n) is 11.5. The summed E-state index contributed by atoms with van der Waals surface area (Å²) in [5.74, 6) is 3.80. The third-order valence-electron chi connectivity index (χ3n) is 3.28. The number of nitrogens with two attached hydrogens (primary N) is 1. The lowest BCUT2D eigenvalue weighted by Gasteiger charge is -2.27. The van der Waals surface area contributed by atoms with E-state index in [-0.39, 0.29) is 0 Å². The second kappa shape index (κ2) is 5.99. The Morgan fingerprint density at radius 3 is 2.90 bits per heavy atom. The second-order valence-electron chi connectivity index (χ2n) is 4.73. The molecule has 20 heavy (non-hydrogen) atoms. The van der Waals surface area contributed by atoms with Crippen LogP contribution in [0.2, 0.25) is 0 Å². The molecule has 2 aromatic rings. The molecule has 1 aliphatic rings. The van der Waals surface area contributed by atoms with Crippen molar-refractivity contribution in [3.05, 3.63) is 17.5 Å². The molecule has 0 aliphatic carbocycles. The van der Waals surface area contributed by atoms with Crippen molar-refractivity contribution >= 4 is 39.9 Å². The first-order valence-electron chi connectivity index (χ1n) is 6.62. The number of aryl methyl sites for hydroxylation is 1. The summed E-state index contributed by atoms with van der Waals surface area (Å²) < 4.78 is 5.46. The Morgan fingerprint density at radius 2 is 2.20 bits per heavy atom. The summed E-state index contributed by atoms with van der Waals surface area (Å²) >= 11 is 5.46. The minimum Gasteiger partial charge on any atom is -0.391 e. The normalized spacial score (nSPS) is 23.1. The molecule has 1 fully saturated rings. The first kappa shape index (κ1) is 14.3. The minimum absolute atomic E-state index is 0.342. The van der Waals surface area contributed by atoms with E-state index in [0.717, 1.165) is 33.4 Å². The summed E-state index contributed by atoms with van der Waals surface area (Å²) in [5, 5.41) is 5.91. The van der Waals surface area contributed by atoms with E-state index in [1.165, 1.54) is 17.1 Å². The number of anilines is 1. The SMILES string of the molecule is CCC1SCCSC1c1noc(-c2sc(N)cc2C)n1. The summed E-state index contributed by atoms with van der Waals surface area (Å²) in [5.41, 5.74) is 6.93. The average Bonchev–Trinajstić information content (AvgIpc) is 3.05. The fourth-order valence-electron chi connectivity index (χ4n) is 2.30. The van der Waals surface area contributed by atoms with Gasteiger partial charge in [0.25, 0.3) is 5.89 Å². The van der Waals surface area contributed by atoms with Crippen molar-refractivity contribution in [1.29, 1.82) is 0 Å². The van der Waals surface area contributed by atoms with Crippen LogP contribution in [0.15, 0.2) is 10.6 Å². The molecule has 4 nitrogen and oxygen atoms in total. The first-order valence-corrected chi connectivity index (χ1v) is 9.53. The number of thioether (sulfide) groups is 2. The second-order valence-corrected chi connectivity index (χ2v) is 8.41. The smallest absolute Gasteiger partial charge is 0.268 e. The summed E-state index contributed by atoms with van der Waals surface area (Å²) in [6.45, 7) is 4.24. The van der Waals surface area contributed by atoms with Gasteiger partial charge >= 0.3 is 0 Å². The molecule has 0 radical (unpaired) electrons. The van der Waals surface area contributed by atoms with E-state index in [1.54, 1.807) is 0 Å². The highest BCUT2D eigenvalue weighted by Gasteiger charge is 2.30. The van der Waals surface area contributed by atoms with Crippen LogP contribution in [0, 0.1) is 6.92 Å². The Bertz CT molecular complexity index is 595. The molecule has 0 saturated carbocycles. The lowest BCUT2D eigenvalue weighted by Crippen LogP contribution is -2.19. The third-order valence-corrected chi connectivity index (χ3v) is 7.58. The van der Waals surface area contributed by atoms with Crippen LogP contribution < -0.4 is 5.73 Å². The van der Waals surface area contributed by atoms with Gasteiger partial charge in [-0.3, -0.25) is 0 Å². The number of nitrogen functional groups attached to an aromatic ring is 1. The number of thiophene rings is 1. The van der Waals surface area contributed by atoms with Gasteiger partial charge in [0.2, 0.25) is 0 Å². The molecule has 3 rings (SSSR count). The van der Waals surface area contributed by atoms with E-state index in [1.807, 2.05) is 36.5 Å². The number of hydrogen-bond donors (Lipinski definition) is 1. The summed E-state index contributed by atoms with van der Waals surface area (Å²) in [6.07, 6.45) is 1.14. The first-order chi connectivity index (χ1) is 9.69. The van der Waals surface area contributed by atoms with Gasteiger partial charge < -0.3 is 10.3 Å². The van der Waals surface area contributed by atoms with E-state index in [9.17, 15) is 0 Å². The molecule has 2 N–H and O–H groups in total. The van der Waals surface area contributed by atoms with Crippen molar-refractivity contribution in [1.82, 2.24) is 10.1 Å². The van der Waals surface area contributed by atoms with Crippen molar-refractivity contribution in [2.45, 2.75) is 30.8 Å². The lowest BCUT2D eigenvalue weighted by atomic mass is 10.2. The number of aromatic nitrogens is 2. The molecule has 2 unspecified atom stereocenters. The van der Waals surface area contributed by atoms with Gasteiger partial charge in [0.15, 0.2) is 5.82 Å². The van der Waals surface area contributed by atoms with Crippen molar-refractivity contribution in [2.75, 3.05) is 17.2 Å². The predicted octanol–water partition coefficient (Wildman–Crippen LogP) is 3.99. The maximum atomic E-state index is 5.83. The molecule has 108 valence electrons. The zero-order chi connectivity index (χ0) is 14.1. The van der Waals surface area contributed by atoms with Crippen LogP contribution in [-0.4, -0.2) is 26.9 Å². The Labute approximate surface area is 130 Å². The molecule has 1 aliphatic heterocycles. The number of hydrogen-bond acceptors (Lipinski definition) is 7. The average molecular weight is 328 g/mol. The lowest BCUT2D eigenvalue weighted by molar-refractivity contribution is 0.422. The van der Waals surface area contributed by atoms with Crippen LogP contribution in [-0.2, 0) is 0 Å². The van der Waals surface area contributed by atoms with Gasteiger partial charge in [-0.25, -0.2) is 0 Å². The van der Waals surface area contributed by atoms with Crippen molar-refractivity contribution in [2.24, 2.45) is 0 Å². The molecular weight excluding hydrogens is 310 g/mol. The van der Waals surface area contributed by atoms with Crippen LogP contribution >= 0.6 is 34.9 Å². The maximum Gasteiger partial charge on any atom is 0.268 e. The Morgan fingerprint density at radius 1 is 1.40 bits per heavy atom. The van der Waals surface area contributed by atoms with Crippen LogP contribution in [0.4, 0.5) is 5.00 Å². The Hall–Kier alpha value is -0.660. The predicted molar refractivity (Wildman–Crippen MR) is 88.5 cm³/mol. The highest BCUT2D eigenvalue weighted by molar-refractivity contribution is 8.06. The van der Waals surface area contributed by atoms with E-state index in [4.69, 9.17) is 10.3 Å². The molecule has 7 heteroatoms. The molecule has 0 bridgehead atoms. The van der Waals surface area contributed by atoms with Crippen LogP contribution in [0.5, 0.6) is 0 Å².